The van der Waals surface area contributed by atoms with Crippen LogP contribution in [0.25, 0.3) is 0 Å². The SMILES string of the molecule is C#CCNCCCCCC.Cl. The standard InChI is InChI=1S/C9H17N.ClH/c1-3-5-6-7-9-10-8-4-2;/h2,10H,3,5-9H2,1H3;1H. The van der Waals surface area contributed by atoms with Crippen LogP contribution in [0.4, 0.5) is 0 Å². The number of nitrogens with one attached hydrogen (secondary N) is 1. The van der Waals surface area contributed by atoms with E-state index in [1.54, 1.807) is 0 Å². The second-order valence-corrected chi connectivity index (χ2v) is 2.44. The number of unbranched alkanes of at least 4 members (excludes halogenated alkanes) is 3. The molecule has 0 amide bonds. The summed E-state index contributed by atoms with van der Waals surface area (Å²) in [6, 6.07) is 0. The van der Waals surface area contributed by atoms with Crippen LogP contribution >= 0.6 is 12.4 Å². The summed E-state index contributed by atoms with van der Waals surface area (Å²) in [4.78, 5) is 0. The molecule has 66 valence electrons. The first-order valence-corrected chi connectivity index (χ1v) is 4.06. The summed E-state index contributed by atoms with van der Waals surface area (Å²) in [6.45, 7) is 4.01. The maximum absolute atomic E-state index is 5.06. The Hall–Kier alpha value is -0.190. The molecule has 0 radical (unpaired) electrons. The van der Waals surface area contributed by atoms with Crippen LogP contribution in [-0.2, 0) is 0 Å². The zero-order valence-electron chi connectivity index (χ0n) is 7.23. The van der Waals surface area contributed by atoms with Gasteiger partial charge in [-0.25, -0.2) is 0 Å². The third-order valence-electron chi connectivity index (χ3n) is 1.43. The lowest BCUT2D eigenvalue weighted by Gasteiger charge is -1.98. The molecule has 0 aromatic carbocycles. The van der Waals surface area contributed by atoms with Gasteiger partial charge in [0.1, 0.15) is 0 Å². The lowest BCUT2D eigenvalue weighted by molar-refractivity contribution is 0.623. The van der Waals surface area contributed by atoms with Crippen molar-refractivity contribution in [3.05, 3.63) is 0 Å². The van der Waals surface area contributed by atoms with Crippen LogP contribution in [0.3, 0.4) is 0 Å². The van der Waals surface area contributed by atoms with Crippen LogP contribution in [0.1, 0.15) is 32.6 Å². The topological polar surface area (TPSA) is 12.0 Å². The summed E-state index contributed by atoms with van der Waals surface area (Å²) >= 11 is 0. The fourth-order valence-electron chi connectivity index (χ4n) is 0.837. The summed E-state index contributed by atoms with van der Waals surface area (Å²) in [5.41, 5.74) is 0. The first kappa shape index (κ1) is 13.4. The molecule has 0 aromatic heterocycles. The Morgan fingerprint density at radius 3 is 2.55 bits per heavy atom. The predicted molar refractivity (Wildman–Crippen MR) is 53.1 cm³/mol. The van der Waals surface area contributed by atoms with Crippen molar-refractivity contribution in [3.8, 4) is 12.3 Å². The van der Waals surface area contributed by atoms with Crippen LogP contribution in [0.2, 0.25) is 0 Å². The van der Waals surface area contributed by atoms with E-state index < -0.39 is 0 Å². The van der Waals surface area contributed by atoms with Crippen LogP contribution in [0, 0.1) is 12.3 Å². The van der Waals surface area contributed by atoms with Crippen LogP contribution in [0.5, 0.6) is 0 Å². The molecule has 0 bridgehead atoms. The highest BCUT2D eigenvalue weighted by Crippen LogP contribution is 1.96. The molecule has 0 saturated carbocycles. The fourth-order valence-corrected chi connectivity index (χ4v) is 0.837. The van der Waals surface area contributed by atoms with Gasteiger partial charge in [-0.15, -0.1) is 18.8 Å². The van der Waals surface area contributed by atoms with Gasteiger partial charge in [-0.05, 0) is 13.0 Å². The van der Waals surface area contributed by atoms with Gasteiger partial charge in [0.05, 0.1) is 6.54 Å². The van der Waals surface area contributed by atoms with Crippen molar-refractivity contribution in [2.45, 2.75) is 32.6 Å². The predicted octanol–water partition coefficient (Wildman–Crippen LogP) is 2.21. The number of hydrogen-bond acceptors (Lipinski definition) is 1. The van der Waals surface area contributed by atoms with E-state index in [9.17, 15) is 0 Å². The Kier molecular flexibility index (Phi) is 15.2. The highest BCUT2D eigenvalue weighted by molar-refractivity contribution is 5.85. The van der Waals surface area contributed by atoms with Gasteiger partial charge in [0.2, 0.25) is 0 Å². The molecular formula is C9H18ClN. The molecule has 11 heavy (non-hydrogen) atoms. The van der Waals surface area contributed by atoms with E-state index in [1.807, 2.05) is 0 Å². The lowest BCUT2D eigenvalue weighted by atomic mass is 10.2. The second-order valence-electron chi connectivity index (χ2n) is 2.44. The van der Waals surface area contributed by atoms with E-state index in [1.165, 1.54) is 25.7 Å². The zero-order valence-corrected chi connectivity index (χ0v) is 8.04. The van der Waals surface area contributed by atoms with E-state index in [4.69, 9.17) is 6.42 Å². The second kappa shape index (κ2) is 12.5. The fraction of sp³-hybridized carbons (Fsp3) is 0.778. The van der Waals surface area contributed by atoms with E-state index in [-0.39, 0.29) is 12.4 Å². The van der Waals surface area contributed by atoms with Crippen molar-refractivity contribution >= 4 is 12.4 Å². The van der Waals surface area contributed by atoms with Gasteiger partial charge >= 0.3 is 0 Å². The van der Waals surface area contributed by atoms with Crippen molar-refractivity contribution in [2.75, 3.05) is 13.1 Å². The molecule has 0 unspecified atom stereocenters. The van der Waals surface area contributed by atoms with Gasteiger partial charge in [-0.3, -0.25) is 0 Å². The minimum Gasteiger partial charge on any atom is -0.306 e. The number of rotatable bonds is 6. The zero-order chi connectivity index (χ0) is 7.66. The van der Waals surface area contributed by atoms with Crippen LogP contribution in [-0.4, -0.2) is 13.1 Å². The molecule has 0 rings (SSSR count). The average Bonchev–Trinajstić information content (AvgIpc) is 1.97. The Morgan fingerprint density at radius 1 is 1.27 bits per heavy atom. The van der Waals surface area contributed by atoms with Crippen molar-refractivity contribution in [3.63, 3.8) is 0 Å². The Bertz CT molecular complexity index is 96.2. The number of terminal acetylenes is 1. The monoisotopic (exact) mass is 175 g/mol. The Balaban J connectivity index is 0. The van der Waals surface area contributed by atoms with E-state index in [0.29, 0.717) is 6.54 Å². The first-order chi connectivity index (χ1) is 4.91. The van der Waals surface area contributed by atoms with Gasteiger partial charge in [-0.2, -0.15) is 0 Å². The molecule has 0 saturated heterocycles. The van der Waals surface area contributed by atoms with Crippen molar-refractivity contribution in [1.82, 2.24) is 5.32 Å². The minimum absolute atomic E-state index is 0. The normalized spacial score (nSPS) is 8.36. The molecule has 0 fully saturated rings. The molecule has 2 heteroatoms. The summed E-state index contributed by atoms with van der Waals surface area (Å²) < 4.78 is 0. The quantitative estimate of drug-likeness (QED) is 0.482. The van der Waals surface area contributed by atoms with Crippen LogP contribution in [0.15, 0.2) is 0 Å². The smallest absolute Gasteiger partial charge is 0.0573 e. The van der Waals surface area contributed by atoms with Crippen LogP contribution < -0.4 is 5.32 Å². The summed E-state index contributed by atoms with van der Waals surface area (Å²) in [5.74, 6) is 2.55. The molecule has 0 aliphatic rings. The van der Waals surface area contributed by atoms with Gasteiger partial charge in [0.15, 0.2) is 0 Å². The molecule has 0 aliphatic carbocycles. The minimum atomic E-state index is 0. The molecular weight excluding hydrogens is 158 g/mol. The van der Waals surface area contributed by atoms with E-state index >= 15 is 0 Å². The molecule has 0 spiro atoms. The number of hydrogen-bond donors (Lipinski definition) is 1. The largest absolute Gasteiger partial charge is 0.306 e. The highest BCUT2D eigenvalue weighted by Gasteiger charge is 1.85. The molecule has 0 aromatic rings. The van der Waals surface area contributed by atoms with Crippen molar-refractivity contribution in [2.24, 2.45) is 0 Å². The van der Waals surface area contributed by atoms with Crippen molar-refractivity contribution < 1.29 is 0 Å². The van der Waals surface area contributed by atoms with Gasteiger partial charge < -0.3 is 5.32 Å². The summed E-state index contributed by atoms with van der Waals surface area (Å²) in [5, 5.41) is 3.16. The van der Waals surface area contributed by atoms with Gasteiger partial charge in [0, 0.05) is 0 Å². The highest BCUT2D eigenvalue weighted by atomic mass is 35.5. The Morgan fingerprint density at radius 2 is 2.00 bits per heavy atom. The third-order valence-corrected chi connectivity index (χ3v) is 1.43. The van der Waals surface area contributed by atoms with E-state index in [2.05, 4.69) is 18.2 Å². The molecule has 1 nitrogen and oxygen atoms in total. The molecule has 0 heterocycles. The third kappa shape index (κ3) is 12.9. The molecule has 0 aliphatic heterocycles. The summed E-state index contributed by atoms with van der Waals surface area (Å²) in [7, 11) is 0. The Labute approximate surface area is 76.4 Å². The van der Waals surface area contributed by atoms with E-state index in [0.717, 1.165) is 6.54 Å². The van der Waals surface area contributed by atoms with Crippen molar-refractivity contribution in [1.29, 1.82) is 0 Å². The number of halogens is 1. The first-order valence-electron chi connectivity index (χ1n) is 4.06. The lowest BCUT2D eigenvalue weighted by Crippen LogP contribution is -2.14. The maximum Gasteiger partial charge on any atom is 0.0573 e. The van der Waals surface area contributed by atoms with Gasteiger partial charge in [0.25, 0.3) is 0 Å². The molecule has 0 atom stereocenters. The summed E-state index contributed by atoms with van der Waals surface area (Å²) in [6.07, 6.45) is 10.3. The maximum atomic E-state index is 5.06. The van der Waals surface area contributed by atoms with Gasteiger partial charge in [-0.1, -0.05) is 32.1 Å². The molecule has 1 N–H and O–H groups in total. The average molecular weight is 176 g/mol.